The van der Waals surface area contributed by atoms with Crippen LogP contribution < -0.4 is 10.6 Å². The van der Waals surface area contributed by atoms with Gasteiger partial charge in [0.1, 0.15) is 5.25 Å². The van der Waals surface area contributed by atoms with Crippen molar-refractivity contribution in [1.82, 2.24) is 10.6 Å². The number of nitrogens with one attached hydrogen (secondary N) is 2. The summed E-state index contributed by atoms with van der Waals surface area (Å²) in [5.74, 6) is -1.61. The summed E-state index contributed by atoms with van der Waals surface area (Å²) < 4.78 is 26.1. The second-order valence-electron chi connectivity index (χ2n) is 5.72. The minimum absolute atomic E-state index is 0.165. The average Bonchev–Trinajstić information content (AvgIpc) is 2.67. The van der Waals surface area contributed by atoms with Gasteiger partial charge in [0.25, 0.3) is 0 Å². The first-order valence-corrected chi connectivity index (χ1v) is 9.91. The van der Waals surface area contributed by atoms with Gasteiger partial charge < -0.3 is 10.6 Å². The number of carbonyl (C=O) groups excluding carboxylic acids is 2. The van der Waals surface area contributed by atoms with Crippen LogP contribution in [0.3, 0.4) is 0 Å². The molecule has 2 N–H and O–H groups in total. The molecule has 2 aromatic carbocycles. The van der Waals surface area contributed by atoms with E-state index in [0.717, 1.165) is 0 Å². The number of benzene rings is 2. The Balaban J connectivity index is 2.24. The molecule has 0 spiro atoms. The zero-order chi connectivity index (χ0) is 19.0. The van der Waals surface area contributed by atoms with E-state index >= 15 is 0 Å². The van der Waals surface area contributed by atoms with E-state index in [9.17, 15) is 18.0 Å². The molecular formula is C19H22N2O4S. The van der Waals surface area contributed by atoms with E-state index in [0.29, 0.717) is 18.5 Å². The van der Waals surface area contributed by atoms with Crippen molar-refractivity contribution in [2.75, 3.05) is 13.1 Å². The predicted molar refractivity (Wildman–Crippen MR) is 99.1 cm³/mol. The van der Waals surface area contributed by atoms with Gasteiger partial charge in [0.05, 0.1) is 4.90 Å². The van der Waals surface area contributed by atoms with Crippen LogP contribution in [0.25, 0.3) is 0 Å². The highest BCUT2D eigenvalue weighted by Gasteiger charge is 2.30. The molecule has 0 saturated carbocycles. The summed E-state index contributed by atoms with van der Waals surface area (Å²) in [4.78, 5) is 23.8. The number of carbonyl (C=O) groups is 2. The van der Waals surface area contributed by atoms with Crippen molar-refractivity contribution in [3.63, 3.8) is 0 Å². The van der Waals surface area contributed by atoms with Crippen molar-refractivity contribution >= 4 is 21.7 Å². The molecule has 0 saturated heterocycles. The highest BCUT2D eigenvalue weighted by atomic mass is 32.2. The van der Waals surface area contributed by atoms with Crippen LogP contribution in [-0.2, 0) is 19.4 Å². The van der Waals surface area contributed by atoms with Crippen molar-refractivity contribution in [1.29, 1.82) is 0 Å². The molecule has 1 atom stereocenters. The molecule has 0 aliphatic carbocycles. The maximum atomic E-state index is 13.0. The fourth-order valence-corrected chi connectivity index (χ4v) is 4.12. The maximum absolute atomic E-state index is 13.0. The third-order valence-electron chi connectivity index (χ3n) is 3.81. The summed E-state index contributed by atoms with van der Waals surface area (Å²) in [7, 11) is -3.74. The molecule has 0 fully saturated rings. The first kappa shape index (κ1) is 19.7. The van der Waals surface area contributed by atoms with Gasteiger partial charge in [-0.1, -0.05) is 55.5 Å². The molecule has 0 aliphatic heterocycles. The van der Waals surface area contributed by atoms with Gasteiger partial charge >= 0.3 is 11.8 Å². The van der Waals surface area contributed by atoms with Gasteiger partial charge in [-0.15, -0.1) is 0 Å². The van der Waals surface area contributed by atoms with E-state index in [1.165, 1.54) is 12.1 Å². The number of hydrogen-bond donors (Lipinski definition) is 2. The van der Waals surface area contributed by atoms with Crippen molar-refractivity contribution in [2.24, 2.45) is 0 Å². The summed E-state index contributed by atoms with van der Waals surface area (Å²) in [5.41, 5.74) is 0.547. The van der Waals surface area contributed by atoms with Crippen LogP contribution in [0.5, 0.6) is 0 Å². The van der Waals surface area contributed by atoms with Gasteiger partial charge in [-0.05, 0) is 24.1 Å². The summed E-state index contributed by atoms with van der Waals surface area (Å²) in [6.45, 7) is 2.06. The molecule has 0 radical (unpaired) electrons. The van der Waals surface area contributed by atoms with Gasteiger partial charge in [-0.25, -0.2) is 8.42 Å². The van der Waals surface area contributed by atoms with Crippen LogP contribution in [0.15, 0.2) is 65.6 Å². The lowest BCUT2D eigenvalue weighted by Crippen LogP contribution is -2.42. The molecule has 0 unspecified atom stereocenters. The lowest BCUT2D eigenvalue weighted by Gasteiger charge is -2.19. The van der Waals surface area contributed by atoms with Crippen molar-refractivity contribution in [3.05, 3.63) is 66.2 Å². The minimum atomic E-state index is -3.74. The molecule has 0 heterocycles. The predicted octanol–water partition coefficient (Wildman–Crippen LogP) is 1.84. The van der Waals surface area contributed by atoms with Crippen LogP contribution in [0.1, 0.15) is 24.2 Å². The number of rotatable bonds is 7. The first-order chi connectivity index (χ1) is 12.5. The summed E-state index contributed by atoms with van der Waals surface area (Å²) >= 11 is 0. The largest absolute Gasteiger partial charge is 0.348 e. The summed E-state index contributed by atoms with van der Waals surface area (Å²) in [6.07, 6.45) is 0.702. The summed E-state index contributed by atoms with van der Waals surface area (Å²) in [6, 6.07) is 16.7. The topological polar surface area (TPSA) is 92.3 Å². The van der Waals surface area contributed by atoms with Crippen LogP contribution in [0.2, 0.25) is 0 Å². The van der Waals surface area contributed by atoms with Crippen LogP contribution in [0, 0.1) is 0 Å². The smallest absolute Gasteiger partial charge is 0.309 e. The Bertz CT molecular complexity index is 836. The lowest BCUT2D eigenvalue weighted by atomic mass is 10.1. The minimum Gasteiger partial charge on any atom is -0.348 e. The molecule has 7 heteroatoms. The van der Waals surface area contributed by atoms with E-state index in [-0.39, 0.29) is 11.4 Å². The Morgan fingerprint density at radius 2 is 1.42 bits per heavy atom. The highest BCUT2D eigenvalue weighted by molar-refractivity contribution is 7.91. The van der Waals surface area contributed by atoms with Gasteiger partial charge in [0, 0.05) is 13.1 Å². The lowest BCUT2D eigenvalue weighted by molar-refractivity contribution is -0.139. The van der Waals surface area contributed by atoms with Crippen LogP contribution in [-0.4, -0.2) is 33.3 Å². The second kappa shape index (κ2) is 9.15. The Hall–Kier alpha value is -2.67. The molecule has 2 rings (SSSR count). The number of amides is 2. The zero-order valence-corrected chi connectivity index (χ0v) is 15.3. The van der Waals surface area contributed by atoms with Crippen LogP contribution >= 0.6 is 0 Å². The maximum Gasteiger partial charge on any atom is 0.309 e. The molecule has 138 valence electrons. The number of sulfone groups is 1. The quantitative estimate of drug-likeness (QED) is 0.724. The Kier molecular flexibility index (Phi) is 6.91. The highest BCUT2D eigenvalue weighted by Crippen LogP contribution is 2.28. The third kappa shape index (κ3) is 4.92. The molecule has 0 aliphatic rings. The molecule has 2 amide bonds. The van der Waals surface area contributed by atoms with Gasteiger partial charge in [-0.3, -0.25) is 9.59 Å². The molecular weight excluding hydrogens is 352 g/mol. The third-order valence-corrected chi connectivity index (χ3v) is 5.92. The van der Waals surface area contributed by atoms with Crippen LogP contribution in [0.4, 0.5) is 0 Å². The molecule has 26 heavy (non-hydrogen) atoms. The second-order valence-corrected chi connectivity index (χ2v) is 7.85. The number of hydrogen-bond acceptors (Lipinski definition) is 4. The fourth-order valence-electron chi connectivity index (χ4n) is 2.43. The monoisotopic (exact) mass is 374 g/mol. The normalized spacial score (nSPS) is 12.2. The van der Waals surface area contributed by atoms with E-state index < -0.39 is 26.9 Å². The Morgan fingerprint density at radius 3 is 2.00 bits per heavy atom. The van der Waals surface area contributed by atoms with E-state index in [1.54, 1.807) is 48.5 Å². The fraction of sp³-hybridized carbons (Fsp3) is 0.263. The Labute approximate surface area is 153 Å². The Morgan fingerprint density at radius 1 is 0.885 bits per heavy atom. The molecule has 0 bridgehead atoms. The van der Waals surface area contributed by atoms with E-state index in [4.69, 9.17) is 0 Å². The van der Waals surface area contributed by atoms with Crippen molar-refractivity contribution < 1.29 is 18.0 Å². The molecule has 0 aromatic heterocycles. The molecule has 2 aromatic rings. The van der Waals surface area contributed by atoms with E-state index in [2.05, 4.69) is 10.6 Å². The van der Waals surface area contributed by atoms with Crippen molar-refractivity contribution in [2.45, 2.75) is 23.5 Å². The summed E-state index contributed by atoms with van der Waals surface area (Å²) in [5, 5.41) is 3.91. The standard InChI is InChI=1S/C19H22N2O4S/c1-2-13-20-18(22)19(23)21-14-17(15-9-5-3-6-10-15)26(24,25)16-11-7-4-8-12-16/h3-12,17H,2,13-14H2,1H3,(H,20,22)(H,21,23)/t17-/m0/s1. The van der Waals surface area contributed by atoms with E-state index in [1.807, 2.05) is 6.92 Å². The van der Waals surface area contributed by atoms with Gasteiger partial charge in [0.2, 0.25) is 0 Å². The van der Waals surface area contributed by atoms with Gasteiger partial charge in [-0.2, -0.15) is 0 Å². The SMILES string of the molecule is CCCNC(=O)C(=O)NC[C@@H](c1ccccc1)S(=O)(=O)c1ccccc1. The molecule has 6 nitrogen and oxygen atoms in total. The van der Waals surface area contributed by atoms with Crippen molar-refractivity contribution in [3.8, 4) is 0 Å². The zero-order valence-electron chi connectivity index (χ0n) is 14.5. The first-order valence-electron chi connectivity index (χ1n) is 8.36. The van der Waals surface area contributed by atoms with Gasteiger partial charge in [0.15, 0.2) is 9.84 Å². The average molecular weight is 374 g/mol.